The molecule has 0 saturated heterocycles. The van der Waals surface area contributed by atoms with Gasteiger partial charge in [0.2, 0.25) is 0 Å². The van der Waals surface area contributed by atoms with E-state index in [0.29, 0.717) is 10.8 Å². The molecular weight excluding hydrogens is 231 g/mol. The van der Waals surface area contributed by atoms with Crippen molar-refractivity contribution < 1.29 is 49.7 Å². The van der Waals surface area contributed by atoms with Crippen LogP contribution >= 0.6 is 0 Å². The molecule has 2 aromatic rings. The molecule has 0 aliphatic heterocycles. The maximum absolute atomic E-state index is 10.7. The number of benzene rings is 2. The predicted octanol–water partition coefficient (Wildman–Crippen LogP) is -2.07. The molecule has 2 N–H and O–H groups in total. The largest absolute Gasteiger partial charge is 1.00 e. The molecule has 0 radical (unpaired) electrons. The monoisotopic (exact) mass is 240 g/mol. The van der Waals surface area contributed by atoms with E-state index in [4.69, 9.17) is 0 Å². The van der Waals surface area contributed by atoms with Gasteiger partial charge in [-0.2, -0.15) is 0 Å². The molecule has 82 valence electrons. The van der Waals surface area contributed by atoms with E-state index in [1.165, 1.54) is 0 Å². The summed E-state index contributed by atoms with van der Waals surface area (Å²) in [7, 11) is 0. The summed E-state index contributed by atoms with van der Waals surface area (Å²) in [6, 6.07) is 5.99. The number of phenolic OH excluding ortho intramolecular Hbond substituents is 1. The van der Waals surface area contributed by atoms with Crippen molar-refractivity contribution in [1.29, 1.82) is 0 Å². The Balaban J connectivity index is 0.00000144. The minimum Gasteiger partial charge on any atom is -0.545 e. The van der Waals surface area contributed by atoms with Crippen molar-refractivity contribution in [2.24, 2.45) is 0 Å². The van der Waals surface area contributed by atoms with Crippen LogP contribution in [0.15, 0.2) is 24.3 Å². The number of fused-ring (bicyclic) bond motifs is 1. The minimum atomic E-state index is -1.52. The van der Waals surface area contributed by atoms with Gasteiger partial charge in [-0.1, -0.05) is 18.2 Å². The van der Waals surface area contributed by atoms with Crippen LogP contribution in [0.1, 0.15) is 15.9 Å². The van der Waals surface area contributed by atoms with Gasteiger partial charge in [0.05, 0.1) is 5.97 Å². The number of aromatic carboxylic acids is 1. The Labute approximate surface area is 120 Å². The summed E-state index contributed by atoms with van der Waals surface area (Å²) in [4.78, 5) is 10.7. The molecule has 0 fully saturated rings. The van der Waals surface area contributed by atoms with Gasteiger partial charge >= 0.3 is 29.6 Å². The second-order valence-corrected chi connectivity index (χ2v) is 3.58. The number of carbonyl (C=O) groups excluding carboxylic acids is 1. The third-order valence-electron chi connectivity index (χ3n) is 2.54. The van der Waals surface area contributed by atoms with Gasteiger partial charge in [0.25, 0.3) is 0 Å². The van der Waals surface area contributed by atoms with Crippen LogP contribution in [0.25, 0.3) is 10.8 Å². The molecule has 0 atom stereocenters. The molecule has 2 rings (SSSR count). The van der Waals surface area contributed by atoms with Gasteiger partial charge in [-0.05, 0) is 18.6 Å². The van der Waals surface area contributed by atoms with E-state index >= 15 is 0 Å². The number of hydrogen-bond donors (Lipinski definition) is 2. The van der Waals surface area contributed by atoms with E-state index < -0.39 is 11.5 Å². The summed E-state index contributed by atoms with van der Waals surface area (Å²) >= 11 is 0. The second kappa shape index (κ2) is 4.96. The van der Waals surface area contributed by atoms with Crippen LogP contribution in [0.2, 0.25) is 0 Å². The topological polar surface area (TPSA) is 80.6 Å². The number of carboxylic acids is 1. The van der Waals surface area contributed by atoms with Crippen molar-refractivity contribution in [2.75, 3.05) is 0 Å². The molecule has 0 amide bonds. The summed E-state index contributed by atoms with van der Waals surface area (Å²) in [6.45, 7) is 1.76. The number of aryl methyl sites for hydroxylation is 1. The van der Waals surface area contributed by atoms with Crippen LogP contribution in [0.4, 0.5) is 0 Å². The summed E-state index contributed by atoms with van der Waals surface area (Å²) in [5.74, 6) is -2.07. The van der Waals surface area contributed by atoms with Gasteiger partial charge in [0.15, 0.2) is 0 Å². The molecule has 0 saturated carbocycles. The molecule has 2 aromatic carbocycles. The number of carbonyl (C=O) groups is 1. The molecule has 0 aliphatic rings. The zero-order valence-electron chi connectivity index (χ0n) is 9.52. The number of carboxylic acid groups (broad SMARTS) is 1. The minimum absolute atomic E-state index is 0. The first-order valence-corrected chi connectivity index (χ1v) is 4.68. The van der Waals surface area contributed by atoms with E-state index in [1.54, 1.807) is 25.1 Å². The molecule has 0 heterocycles. The molecule has 0 spiro atoms. The Kier molecular flexibility index (Phi) is 4.03. The normalized spacial score (nSPS) is 9.94. The number of hydrogen-bond acceptors (Lipinski definition) is 4. The average molecular weight is 240 g/mol. The summed E-state index contributed by atoms with van der Waals surface area (Å²) < 4.78 is 0. The first kappa shape index (κ1) is 13.8. The fraction of sp³-hybridized carbons (Fsp3) is 0.0833. The summed E-state index contributed by atoms with van der Waals surface area (Å²) in [5.41, 5.74) is 0.353. The molecule has 0 aliphatic carbocycles. The number of aromatic hydroxyl groups is 2. The van der Waals surface area contributed by atoms with Crippen LogP contribution in [-0.2, 0) is 0 Å². The van der Waals surface area contributed by atoms with Crippen LogP contribution in [0.5, 0.6) is 11.5 Å². The quantitative estimate of drug-likeness (QED) is 0.443. The van der Waals surface area contributed by atoms with Crippen molar-refractivity contribution in [3.63, 3.8) is 0 Å². The van der Waals surface area contributed by atoms with E-state index in [0.717, 1.165) is 11.6 Å². The SMILES string of the molecule is Cc1cccc2c(O)c(C(=O)[O-])cc(O)c12.[Na+]. The van der Waals surface area contributed by atoms with Crippen molar-refractivity contribution in [1.82, 2.24) is 0 Å². The van der Waals surface area contributed by atoms with Crippen LogP contribution in [-0.4, -0.2) is 16.2 Å². The van der Waals surface area contributed by atoms with Gasteiger partial charge in [0.1, 0.15) is 11.5 Å². The first-order valence-electron chi connectivity index (χ1n) is 4.68. The smallest absolute Gasteiger partial charge is 0.545 e. The van der Waals surface area contributed by atoms with Crippen LogP contribution in [0.3, 0.4) is 0 Å². The molecule has 0 bridgehead atoms. The Morgan fingerprint density at radius 1 is 1.29 bits per heavy atom. The maximum atomic E-state index is 10.7. The Morgan fingerprint density at radius 3 is 2.53 bits per heavy atom. The fourth-order valence-corrected chi connectivity index (χ4v) is 1.78. The van der Waals surface area contributed by atoms with Crippen molar-refractivity contribution >= 4 is 16.7 Å². The van der Waals surface area contributed by atoms with Crippen LogP contribution in [0, 0.1) is 6.92 Å². The first-order chi connectivity index (χ1) is 7.52. The number of phenols is 2. The third-order valence-corrected chi connectivity index (χ3v) is 2.54. The molecular formula is C12H9NaO4. The molecule has 5 heteroatoms. The van der Waals surface area contributed by atoms with Gasteiger partial charge in [0, 0.05) is 16.3 Å². The summed E-state index contributed by atoms with van der Waals surface area (Å²) in [5, 5.41) is 30.9. The predicted molar refractivity (Wildman–Crippen MR) is 56.3 cm³/mol. The van der Waals surface area contributed by atoms with E-state index in [9.17, 15) is 20.1 Å². The van der Waals surface area contributed by atoms with E-state index in [-0.39, 0.29) is 41.1 Å². The fourth-order valence-electron chi connectivity index (χ4n) is 1.78. The second-order valence-electron chi connectivity index (χ2n) is 3.58. The summed E-state index contributed by atoms with van der Waals surface area (Å²) in [6.07, 6.45) is 0. The van der Waals surface area contributed by atoms with Gasteiger partial charge in [-0.3, -0.25) is 0 Å². The Morgan fingerprint density at radius 2 is 1.94 bits per heavy atom. The average Bonchev–Trinajstić information content (AvgIpc) is 2.22. The van der Waals surface area contributed by atoms with Crippen LogP contribution < -0.4 is 34.7 Å². The number of rotatable bonds is 1. The standard InChI is InChI=1S/C12H10O4.Na/c1-6-3-2-4-7-10(6)9(13)5-8(11(7)14)12(15)16;/h2-5,13-14H,1H3,(H,15,16);/q;+1/p-1. The van der Waals surface area contributed by atoms with Crippen molar-refractivity contribution in [3.8, 4) is 11.5 Å². The van der Waals surface area contributed by atoms with Gasteiger partial charge in [-0.15, -0.1) is 0 Å². The zero-order chi connectivity index (χ0) is 11.9. The van der Waals surface area contributed by atoms with Crippen molar-refractivity contribution in [3.05, 3.63) is 35.4 Å². The Bertz CT molecular complexity index is 593. The zero-order valence-corrected chi connectivity index (χ0v) is 11.5. The molecule has 0 unspecified atom stereocenters. The maximum Gasteiger partial charge on any atom is 1.00 e. The van der Waals surface area contributed by atoms with E-state index in [2.05, 4.69) is 0 Å². The van der Waals surface area contributed by atoms with Crippen molar-refractivity contribution in [2.45, 2.75) is 6.92 Å². The molecule has 17 heavy (non-hydrogen) atoms. The third kappa shape index (κ3) is 2.24. The molecule has 4 nitrogen and oxygen atoms in total. The molecule has 0 aromatic heterocycles. The van der Waals surface area contributed by atoms with Gasteiger partial charge < -0.3 is 20.1 Å². The van der Waals surface area contributed by atoms with Gasteiger partial charge in [-0.25, -0.2) is 0 Å². The Hall–Kier alpha value is -1.23. The van der Waals surface area contributed by atoms with E-state index in [1.807, 2.05) is 0 Å².